The molecule has 0 aliphatic carbocycles. The fourth-order valence-electron chi connectivity index (χ4n) is 4.40. The SMILES string of the molecule is CCCCN(CCCC)S(=O)(=O)c1ccc(C(=O)Nc2sc3c(c2C(=O)NC(N)=O)CCN(C(=O)OCC)C3)cc1. The van der Waals surface area contributed by atoms with E-state index in [1.165, 1.54) is 33.5 Å². The van der Waals surface area contributed by atoms with Crippen LogP contribution < -0.4 is 16.4 Å². The van der Waals surface area contributed by atoms with Crippen molar-refractivity contribution in [2.24, 2.45) is 5.73 Å². The van der Waals surface area contributed by atoms with E-state index in [0.717, 1.165) is 37.0 Å². The minimum absolute atomic E-state index is 0.0911. The molecule has 1 aromatic heterocycles. The van der Waals surface area contributed by atoms with Gasteiger partial charge in [-0.2, -0.15) is 4.31 Å². The first-order chi connectivity index (χ1) is 19.5. The molecule has 2 heterocycles. The van der Waals surface area contributed by atoms with Gasteiger partial charge in [0.05, 0.1) is 23.6 Å². The lowest BCUT2D eigenvalue weighted by Gasteiger charge is -2.26. The average Bonchev–Trinajstić information content (AvgIpc) is 3.29. The first kappa shape index (κ1) is 32.0. The fourth-order valence-corrected chi connectivity index (χ4v) is 7.17. The molecule has 0 bridgehead atoms. The molecule has 4 N–H and O–H groups in total. The van der Waals surface area contributed by atoms with Gasteiger partial charge in [0, 0.05) is 30.1 Å². The predicted molar refractivity (Wildman–Crippen MR) is 155 cm³/mol. The molecular weight excluding hydrogens is 570 g/mol. The van der Waals surface area contributed by atoms with Crippen LogP contribution in [0.2, 0.25) is 0 Å². The van der Waals surface area contributed by atoms with Crippen LogP contribution in [-0.2, 0) is 27.7 Å². The highest BCUT2D eigenvalue weighted by Gasteiger charge is 2.31. The van der Waals surface area contributed by atoms with Crippen LogP contribution >= 0.6 is 11.3 Å². The van der Waals surface area contributed by atoms with E-state index >= 15 is 0 Å². The van der Waals surface area contributed by atoms with E-state index in [2.05, 4.69) is 5.32 Å². The van der Waals surface area contributed by atoms with Crippen LogP contribution in [0.1, 0.15) is 77.6 Å². The number of nitrogens with two attached hydrogens (primary N) is 1. The molecule has 224 valence electrons. The van der Waals surface area contributed by atoms with Crippen molar-refractivity contribution in [2.75, 3.05) is 31.6 Å². The summed E-state index contributed by atoms with van der Waals surface area (Å²) in [7, 11) is -3.73. The summed E-state index contributed by atoms with van der Waals surface area (Å²) in [5.74, 6) is -1.34. The molecule has 14 heteroatoms. The third kappa shape index (κ3) is 7.83. The van der Waals surface area contributed by atoms with E-state index in [9.17, 15) is 27.6 Å². The summed E-state index contributed by atoms with van der Waals surface area (Å²) in [4.78, 5) is 52.0. The Balaban J connectivity index is 1.86. The lowest BCUT2D eigenvalue weighted by molar-refractivity contribution is 0.0965. The van der Waals surface area contributed by atoms with E-state index in [-0.39, 0.29) is 40.7 Å². The van der Waals surface area contributed by atoms with Crippen molar-refractivity contribution in [3.8, 4) is 0 Å². The highest BCUT2D eigenvalue weighted by Crippen LogP contribution is 2.37. The summed E-state index contributed by atoms with van der Waals surface area (Å²) < 4.78 is 33.1. The monoisotopic (exact) mass is 607 g/mol. The number of carbonyl (C=O) groups excluding carboxylic acids is 4. The molecule has 0 saturated heterocycles. The molecule has 0 radical (unpaired) electrons. The van der Waals surface area contributed by atoms with Gasteiger partial charge in [0.1, 0.15) is 5.00 Å². The van der Waals surface area contributed by atoms with Crippen molar-refractivity contribution < 1.29 is 32.3 Å². The number of urea groups is 1. The first-order valence-electron chi connectivity index (χ1n) is 13.6. The number of anilines is 1. The third-order valence-corrected chi connectivity index (χ3v) is 9.60. The van der Waals surface area contributed by atoms with Crippen LogP contribution in [0.5, 0.6) is 0 Å². The van der Waals surface area contributed by atoms with Gasteiger partial charge in [-0.25, -0.2) is 18.0 Å². The van der Waals surface area contributed by atoms with Crippen LogP contribution in [0, 0.1) is 0 Å². The van der Waals surface area contributed by atoms with Crippen molar-refractivity contribution in [3.05, 3.63) is 45.8 Å². The zero-order valence-corrected chi connectivity index (χ0v) is 25.2. The number of hydrogen-bond acceptors (Lipinski definition) is 8. The number of fused-ring (bicyclic) bond motifs is 1. The predicted octanol–water partition coefficient (Wildman–Crippen LogP) is 3.91. The van der Waals surface area contributed by atoms with Gasteiger partial charge in [-0.1, -0.05) is 26.7 Å². The second-order valence-electron chi connectivity index (χ2n) is 9.49. The Morgan fingerprint density at radius 2 is 1.66 bits per heavy atom. The Kier molecular flexibility index (Phi) is 11.3. The minimum Gasteiger partial charge on any atom is -0.450 e. The van der Waals surface area contributed by atoms with Crippen LogP contribution in [-0.4, -0.2) is 67.8 Å². The van der Waals surface area contributed by atoms with Gasteiger partial charge in [0.25, 0.3) is 11.8 Å². The number of benzene rings is 1. The lowest BCUT2D eigenvalue weighted by Crippen LogP contribution is -2.38. The molecule has 0 fully saturated rings. The van der Waals surface area contributed by atoms with Gasteiger partial charge in [0.15, 0.2) is 0 Å². The Labute approximate surface area is 244 Å². The summed E-state index contributed by atoms with van der Waals surface area (Å²) in [5, 5.41) is 4.95. The van der Waals surface area contributed by atoms with Crippen LogP contribution in [0.4, 0.5) is 14.6 Å². The molecule has 1 aliphatic heterocycles. The average molecular weight is 608 g/mol. The van der Waals surface area contributed by atoms with Crippen LogP contribution in [0.25, 0.3) is 0 Å². The van der Waals surface area contributed by atoms with E-state index in [0.29, 0.717) is 30.0 Å². The number of thiophene rings is 1. The molecule has 2 aromatic rings. The molecule has 0 saturated carbocycles. The summed E-state index contributed by atoms with van der Waals surface area (Å²) in [6.45, 7) is 7.23. The number of primary amides is 1. The Hall–Kier alpha value is -3.49. The summed E-state index contributed by atoms with van der Waals surface area (Å²) in [6.07, 6.45) is 3.04. The van der Waals surface area contributed by atoms with Gasteiger partial charge in [-0.15, -0.1) is 11.3 Å². The maximum Gasteiger partial charge on any atom is 0.410 e. The van der Waals surface area contributed by atoms with Crippen molar-refractivity contribution in [1.29, 1.82) is 0 Å². The van der Waals surface area contributed by atoms with E-state index in [4.69, 9.17) is 10.5 Å². The Morgan fingerprint density at radius 1 is 1.02 bits per heavy atom. The number of ether oxygens (including phenoxy) is 1. The Morgan fingerprint density at radius 3 is 2.22 bits per heavy atom. The van der Waals surface area contributed by atoms with Crippen molar-refractivity contribution in [1.82, 2.24) is 14.5 Å². The summed E-state index contributed by atoms with van der Waals surface area (Å²) >= 11 is 1.11. The molecule has 1 aromatic carbocycles. The zero-order valence-electron chi connectivity index (χ0n) is 23.5. The summed E-state index contributed by atoms with van der Waals surface area (Å²) in [5.41, 5.74) is 6.04. The van der Waals surface area contributed by atoms with Gasteiger partial charge in [0.2, 0.25) is 10.0 Å². The standard InChI is InChI=1S/C27H37N5O7S2/c1-4-7-14-32(15-8-5-2)41(37,38)19-11-9-18(10-12-19)23(33)29-25-22(24(34)30-26(28)35)20-13-16-31(17-21(20)40-25)27(36)39-6-3/h9-12H,4-8,13-17H2,1-3H3,(H,29,33)(H3,28,30,34,35). The van der Waals surface area contributed by atoms with Crippen molar-refractivity contribution >= 4 is 50.3 Å². The molecular formula is C27H37N5O7S2. The third-order valence-electron chi connectivity index (χ3n) is 6.55. The molecule has 3 rings (SSSR count). The fraction of sp³-hybridized carbons (Fsp3) is 0.481. The van der Waals surface area contributed by atoms with Crippen molar-refractivity contribution in [2.45, 2.75) is 64.3 Å². The molecule has 5 amide bonds. The van der Waals surface area contributed by atoms with E-state index < -0.39 is 34.0 Å². The normalized spacial score (nSPS) is 13.0. The number of nitrogens with zero attached hydrogens (tertiary/aromatic N) is 2. The lowest BCUT2D eigenvalue weighted by atomic mass is 10.0. The van der Waals surface area contributed by atoms with Gasteiger partial charge >= 0.3 is 12.1 Å². The second-order valence-corrected chi connectivity index (χ2v) is 12.5. The number of nitrogens with one attached hydrogen (secondary N) is 2. The van der Waals surface area contributed by atoms with Crippen LogP contribution in [0.3, 0.4) is 0 Å². The van der Waals surface area contributed by atoms with Gasteiger partial charge in [-0.3, -0.25) is 14.9 Å². The molecule has 41 heavy (non-hydrogen) atoms. The number of amides is 5. The van der Waals surface area contributed by atoms with Gasteiger partial charge < -0.3 is 20.7 Å². The number of sulfonamides is 1. The minimum atomic E-state index is -3.73. The van der Waals surface area contributed by atoms with Gasteiger partial charge in [-0.05, 0) is 56.0 Å². The Bertz CT molecular complexity index is 1370. The number of unbranched alkanes of at least 4 members (excludes halogenated alkanes) is 2. The van der Waals surface area contributed by atoms with Crippen LogP contribution in [0.15, 0.2) is 29.2 Å². The smallest absolute Gasteiger partial charge is 0.410 e. The first-order valence-corrected chi connectivity index (χ1v) is 15.9. The maximum atomic E-state index is 13.3. The molecule has 1 aliphatic rings. The highest BCUT2D eigenvalue weighted by atomic mass is 32.2. The molecule has 0 spiro atoms. The number of imide groups is 1. The largest absolute Gasteiger partial charge is 0.450 e. The maximum absolute atomic E-state index is 13.3. The number of hydrogen-bond donors (Lipinski definition) is 3. The molecule has 0 atom stereocenters. The quantitative estimate of drug-likeness (QED) is 0.329. The zero-order chi connectivity index (χ0) is 30.2. The molecule has 0 unspecified atom stereocenters. The van der Waals surface area contributed by atoms with E-state index in [1.54, 1.807) is 6.92 Å². The van der Waals surface area contributed by atoms with Crippen molar-refractivity contribution in [3.63, 3.8) is 0 Å². The highest BCUT2D eigenvalue weighted by molar-refractivity contribution is 7.89. The topological polar surface area (TPSA) is 168 Å². The number of rotatable bonds is 12. The van der Waals surface area contributed by atoms with E-state index in [1.807, 2.05) is 19.2 Å². The molecule has 12 nitrogen and oxygen atoms in total. The summed E-state index contributed by atoms with van der Waals surface area (Å²) in [6, 6.07) is 4.58. The number of carbonyl (C=O) groups is 4. The second kappa shape index (κ2) is 14.4.